The second-order valence-corrected chi connectivity index (χ2v) is 7.17. The van der Waals surface area contributed by atoms with Gasteiger partial charge in [-0.2, -0.15) is 0 Å². The van der Waals surface area contributed by atoms with E-state index in [1.54, 1.807) is 13.1 Å². The molecule has 1 aliphatic rings. The van der Waals surface area contributed by atoms with Crippen molar-refractivity contribution in [1.29, 1.82) is 0 Å². The van der Waals surface area contributed by atoms with Crippen LogP contribution in [0.4, 0.5) is 0 Å². The average Bonchev–Trinajstić information content (AvgIpc) is 3.18. The highest BCUT2D eigenvalue weighted by molar-refractivity contribution is 14.0. The van der Waals surface area contributed by atoms with E-state index in [0.717, 1.165) is 29.8 Å². The number of hydrogen-bond acceptors (Lipinski definition) is 3. The van der Waals surface area contributed by atoms with Gasteiger partial charge in [0.05, 0.1) is 0 Å². The Kier molecular flexibility index (Phi) is 10.4. The summed E-state index contributed by atoms with van der Waals surface area (Å²) in [5, 5.41) is 6.71. The normalized spacial score (nSPS) is 13.5. The van der Waals surface area contributed by atoms with Crippen LogP contribution in [0, 0.1) is 0 Å². The van der Waals surface area contributed by atoms with Gasteiger partial charge >= 0.3 is 0 Å². The van der Waals surface area contributed by atoms with Crippen molar-refractivity contribution >= 4 is 35.8 Å². The molecule has 1 fully saturated rings. The van der Waals surface area contributed by atoms with Gasteiger partial charge in [0.2, 0.25) is 5.91 Å². The van der Waals surface area contributed by atoms with Gasteiger partial charge < -0.3 is 20.3 Å². The summed E-state index contributed by atoms with van der Waals surface area (Å²) in [5.74, 6) is 1.79. The first-order valence-corrected chi connectivity index (χ1v) is 10.3. The van der Waals surface area contributed by atoms with Crippen molar-refractivity contribution in [2.45, 2.75) is 32.5 Å². The molecule has 2 N–H and O–H groups in total. The molecular weight excluding hydrogens is 503 g/mol. The molecule has 0 saturated carbocycles. The summed E-state index contributed by atoms with van der Waals surface area (Å²) in [6.07, 6.45) is 3.35. The zero-order chi connectivity index (χ0) is 21.2. The van der Waals surface area contributed by atoms with Gasteiger partial charge in [0.1, 0.15) is 12.4 Å². The SMILES string of the molecule is C=CCOc1ccccc1CNC(=NC)NCc1ccccc1CN1CCCC1=O.I. The minimum atomic E-state index is 0. The van der Waals surface area contributed by atoms with Gasteiger partial charge in [0.15, 0.2) is 5.96 Å². The van der Waals surface area contributed by atoms with Gasteiger partial charge in [-0.3, -0.25) is 9.79 Å². The predicted octanol–water partition coefficient (Wildman–Crippen LogP) is 3.86. The molecule has 1 saturated heterocycles. The lowest BCUT2D eigenvalue weighted by Crippen LogP contribution is -2.36. The molecule has 0 bridgehead atoms. The first-order valence-electron chi connectivity index (χ1n) is 10.3. The van der Waals surface area contributed by atoms with Crippen molar-refractivity contribution in [2.75, 3.05) is 20.2 Å². The van der Waals surface area contributed by atoms with Gasteiger partial charge in [-0.25, -0.2) is 0 Å². The Morgan fingerprint density at radius 3 is 2.39 bits per heavy atom. The van der Waals surface area contributed by atoms with Crippen LogP contribution in [-0.4, -0.2) is 37.0 Å². The number of rotatable bonds is 9. The third-order valence-electron chi connectivity index (χ3n) is 5.10. The lowest BCUT2D eigenvalue weighted by Gasteiger charge is -2.19. The van der Waals surface area contributed by atoms with E-state index < -0.39 is 0 Å². The average molecular weight is 534 g/mol. The molecule has 166 valence electrons. The zero-order valence-corrected chi connectivity index (χ0v) is 20.3. The first kappa shape index (κ1) is 24.7. The van der Waals surface area contributed by atoms with Gasteiger partial charge in [0.25, 0.3) is 0 Å². The Bertz CT molecular complexity index is 901. The van der Waals surface area contributed by atoms with Crippen molar-refractivity contribution in [2.24, 2.45) is 4.99 Å². The molecule has 1 amide bonds. The van der Waals surface area contributed by atoms with E-state index >= 15 is 0 Å². The molecule has 0 atom stereocenters. The van der Waals surface area contributed by atoms with Crippen LogP contribution >= 0.6 is 24.0 Å². The quantitative estimate of drug-likeness (QED) is 0.222. The number of likely N-dealkylation sites (tertiary alicyclic amines) is 1. The lowest BCUT2D eigenvalue weighted by atomic mass is 10.1. The molecule has 0 aliphatic carbocycles. The molecule has 0 spiro atoms. The van der Waals surface area contributed by atoms with Crippen LogP contribution in [0.2, 0.25) is 0 Å². The molecule has 0 aromatic heterocycles. The standard InChI is InChI=1S/C24H30N4O2.HI/c1-3-15-30-22-12-7-6-10-20(22)17-27-24(25-2)26-16-19-9-4-5-11-21(19)18-28-14-8-13-23(28)29;/h3-7,9-12H,1,8,13-18H2,2H3,(H2,25,26,27);1H. The second kappa shape index (κ2) is 13.0. The van der Waals surface area contributed by atoms with E-state index in [9.17, 15) is 4.79 Å². The van der Waals surface area contributed by atoms with E-state index in [1.165, 1.54) is 5.56 Å². The maximum absolute atomic E-state index is 12.0. The number of hydrogen-bond donors (Lipinski definition) is 2. The Hall–Kier alpha value is -2.55. The number of carbonyl (C=O) groups is 1. The second-order valence-electron chi connectivity index (χ2n) is 7.17. The highest BCUT2D eigenvalue weighted by Crippen LogP contribution is 2.18. The largest absolute Gasteiger partial charge is 0.489 e. The number of carbonyl (C=O) groups excluding carboxylic acids is 1. The summed E-state index contributed by atoms with van der Waals surface area (Å²) in [5.41, 5.74) is 3.38. The van der Waals surface area contributed by atoms with Gasteiger partial charge in [-0.1, -0.05) is 55.1 Å². The predicted molar refractivity (Wildman–Crippen MR) is 136 cm³/mol. The molecule has 0 unspecified atom stereocenters. The molecule has 2 aromatic rings. The fourth-order valence-corrected chi connectivity index (χ4v) is 3.48. The van der Waals surface area contributed by atoms with Crippen LogP contribution in [0.15, 0.2) is 66.2 Å². The van der Waals surface area contributed by atoms with Gasteiger partial charge in [0, 0.05) is 45.2 Å². The minimum absolute atomic E-state index is 0. The number of amides is 1. The fraction of sp³-hybridized carbons (Fsp3) is 0.333. The number of halogens is 1. The number of nitrogens with zero attached hydrogens (tertiary/aromatic N) is 2. The zero-order valence-electron chi connectivity index (χ0n) is 18.0. The number of guanidine groups is 1. The monoisotopic (exact) mass is 534 g/mol. The van der Waals surface area contributed by atoms with Crippen molar-refractivity contribution in [3.05, 3.63) is 77.9 Å². The molecule has 31 heavy (non-hydrogen) atoms. The van der Waals surface area contributed by atoms with E-state index in [2.05, 4.69) is 34.3 Å². The van der Waals surface area contributed by atoms with E-state index in [0.29, 0.717) is 38.6 Å². The molecule has 3 rings (SSSR count). The van der Waals surface area contributed by atoms with Crippen LogP contribution < -0.4 is 15.4 Å². The maximum atomic E-state index is 12.0. The van der Waals surface area contributed by atoms with E-state index in [1.807, 2.05) is 41.3 Å². The number of ether oxygens (including phenoxy) is 1. The summed E-state index contributed by atoms with van der Waals surface area (Å²) in [6.45, 7) is 6.90. The minimum Gasteiger partial charge on any atom is -0.489 e. The van der Waals surface area contributed by atoms with E-state index in [-0.39, 0.29) is 29.9 Å². The number of benzene rings is 2. The molecular formula is C24H31IN4O2. The molecule has 6 nitrogen and oxygen atoms in total. The molecule has 7 heteroatoms. The molecule has 0 radical (unpaired) electrons. The smallest absolute Gasteiger partial charge is 0.222 e. The van der Waals surface area contributed by atoms with Crippen molar-refractivity contribution in [1.82, 2.24) is 15.5 Å². The van der Waals surface area contributed by atoms with Crippen LogP contribution in [-0.2, 0) is 24.4 Å². The Labute approximate surface area is 201 Å². The number of aliphatic imine (C=N–C) groups is 1. The Morgan fingerprint density at radius 2 is 1.74 bits per heavy atom. The highest BCUT2D eigenvalue weighted by atomic mass is 127. The van der Waals surface area contributed by atoms with Gasteiger partial charge in [-0.05, 0) is 23.6 Å². The molecule has 2 aromatic carbocycles. The fourth-order valence-electron chi connectivity index (χ4n) is 3.48. The summed E-state index contributed by atoms with van der Waals surface area (Å²) < 4.78 is 5.72. The van der Waals surface area contributed by atoms with Crippen molar-refractivity contribution < 1.29 is 9.53 Å². The summed E-state index contributed by atoms with van der Waals surface area (Å²) in [4.78, 5) is 18.2. The summed E-state index contributed by atoms with van der Waals surface area (Å²) >= 11 is 0. The van der Waals surface area contributed by atoms with Crippen LogP contribution in [0.3, 0.4) is 0 Å². The number of para-hydroxylation sites is 1. The van der Waals surface area contributed by atoms with E-state index in [4.69, 9.17) is 4.74 Å². The maximum Gasteiger partial charge on any atom is 0.222 e. The van der Waals surface area contributed by atoms with Crippen LogP contribution in [0.5, 0.6) is 5.75 Å². The van der Waals surface area contributed by atoms with Crippen molar-refractivity contribution in [3.8, 4) is 5.75 Å². The Morgan fingerprint density at radius 1 is 1.10 bits per heavy atom. The first-order chi connectivity index (χ1) is 14.7. The highest BCUT2D eigenvalue weighted by Gasteiger charge is 2.20. The molecule has 1 aliphatic heterocycles. The van der Waals surface area contributed by atoms with Gasteiger partial charge in [-0.15, -0.1) is 24.0 Å². The lowest BCUT2D eigenvalue weighted by molar-refractivity contribution is -0.128. The topological polar surface area (TPSA) is 66.0 Å². The third-order valence-corrected chi connectivity index (χ3v) is 5.10. The molecule has 1 heterocycles. The van der Waals surface area contributed by atoms with Crippen LogP contribution in [0.1, 0.15) is 29.5 Å². The Balaban J connectivity index is 0.00000341. The van der Waals surface area contributed by atoms with Crippen molar-refractivity contribution in [3.63, 3.8) is 0 Å². The summed E-state index contributed by atoms with van der Waals surface area (Å²) in [6, 6.07) is 16.2. The van der Waals surface area contributed by atoms with Crippen LogP contribution in [0.25, 0.3) is 0 Å². The third kappa shape index (κ3) is 7.27. The number of nitrogens with one attached hydrogen (secondary N) is 2. The summed E-state index contributed by atoms with van der Waals surface area (Å²) in [7, 11) is 1.75.